The summed E-state index contributed by atoms with van der Waals surface area (Å²) in [5.74, 6) is 0.405. The molecule has 2 aromatic carbocycles. The number of hydrogen-bond donors (Lipinski definition) is 2. The maximum absolute atomic E-state index is 12.2. The number of carbonyl (C=O) groups excluding carboxylic acids is 1. The van der Waals surface area contributed by atoms with Gasteiger partial charge in [-0.3, -0.25) is 9.78 Å². The Morgan fingerprint density at radius 3 is 2.74 bits per heavy atom. The Morgan fingerprint density at radius 2 is 1.91 bits per heavy atom. The number of carbonyl (C=O) groups is 1. The summed E-state index contributed by atoms with van der Waals surface area (Å²) in [6.07, 6.45) is 1.60. The number of fused-ring (bicyclic) bond motifs is 1. The van der Waals surface area contributed by atoms with E-state index in [1.807, 2.05) is 36.4 Å². The van der Waals surface area contributed by atoms with E-state index < -0.39 is 0 Å². The first-order chi connectivity index (χ1) is 11.3. The minimum Gasteiger partial charge on any atom is -0.505 e. The van der Waals surface area contributed by atoms with Crippen molar-refractivity contribution in [1.82, 2.24) is 10.3 Å². The number of benzene rings is 2. The highest BCUT2D eigenvalue weighted by Crippen LogP contribution is 2.26. The van der Waals surface area contributed by atoms with Crippen molar-refractivity contribution in [1.29, 1.82) is 0 Å². The van der Waals surface area contributed by atoms with Gasteiger partial charge >= 0.3 is 0 Å². The number of thioether (sulfide) groups is 1. The molecule has 5 heteroatoms. The van der Waals surface area contributed by atoms with Gasteiger partial charge in [0.05, 0.1) is 5.56 Å². The maximum Gasteiger partial charge on any atom is 0.255 e. The van der Waals surface area contributed by atoms with E-state index in [1.54, 1.807) is 36.2 Å². The molecule has 0 fully saturated rings. The number of nitrogens with one attached hydrogen (secondary N) is 1. The molecule has 0 radical (unpaired) electrons. The Balaban J connectivity index is 1.61. The first-order valence-corrected chi connectivity index (χ1v) is 8.27. The number of nitrogens with zero attached hydrogens (tertiary/aromatic N) is 1. The fourth-order valence-corrected chi connectivity index (χ4v) is 3.05. The van der Waals surface area contributed by atoms with Crippen molar-refractivity contribution >= 4 is 28.6 Å². The Bertz CT molecular complexity index is 822. The fraction of sp³-hybridized carbons (Fsp3) is 0.111. The maximum atomic E-state index is 12.2. The number of pyridine rings is 1. The number of phenolic OH excluding ortho intramolecular Hbond substituents is 1. The van der Waals surface area contributed by atoms with Crippen LogP contribution in [0.5, 0.6) is 5.75 Å². The van der Waals surface area contributed by atoms with Gasteiger partial charge in [0.1, 0.15) is 5.52 Å². The second kappa shape index (κ2) is 7.15. The van der Waals surface area contributed by atoms with Crippen molar-refractivity contribution in [2.45, 2.75) is 4.90 Å². The lowest BCUT2D eigenvalue weighted by atomic mass is 10.1. The van der Waals surface area contributed by atoms with Gasteiger partial charge in [0.2, 0.25) is 0 Å². The standard InChI is InChI=1S/C18H16N2O2S/c21-17-15(9-8-13-5-4-10-19-16(13)17)18(22)20-11-12-23-14-6-2-1-3-7-14/h1-10,21H,11-12H2,(H,20,22). The molecule has 3 aromatic rings. The van der Waals surface area contributed by atoms with Gasteiger partial charge in [0.25, 0.3) is 5.91 Å². The summed E-state index contributed by atoms with van der Waals surface area (Å²) < 4.78 is 0. The Kier molecular flexibility index (Phi) is 4.78. The van der Waals surface area contributed by atoms with Crippen molar-refractivity contribution in [3.8, 4) is 5.75 Å². The van der Waals surface area contributed by atoms with E-state index in [1.165, 1.54) is 4.90 Å². The van der Waals surface area contributed by atoms with Gasteiger partial charge in [-0.25, -0.2) is 0 Å². The minimum atomic E-state index is -0.288. The van der Waals surface area contributed by atoms with Gasteiger partial charge in [0, 0.05) is 28.8 Å². The minimum absolute atomic E-state index is 0.0729. The molecule has 0 saturated carbocycles. The van der Waals surface area contributed by atoms with Gasteiger partial charge in [-0.2, -0.15) is 0 Å². The summed E-state index contributed by atoms with van der Waals surface area (Å²) in [4.78, 5) is 17.5. The molecule has 0 aliphatic rings. The van der Waals surface area contributed by atoms with E-state index in [0.717, 1.165) is 11.1 Å². The third-order valence-electron chi connectivity index (χ3n) is 3.39. The van der Waals surface area contributed by atoms with E-state index in [9.17, 15) is 9.90 Å². The molecule has 0 aliphatic heterocycles. The van der Waals surface area contributed by atoms with Gasteiger partial charge in [-0.05, 0) is 24.3 Å². The second-order valence-electron chi connectivity index (χ2n) is 4.95. The number of rotatable bonds is 5. The van der Waals surface area contributed by atoms with E-state index in [4.69, 9.17) is 0 Å². The second-order valence-corrected chi connectivity index (χ2v) is 6.12. The topological polar surface area (TPSA) is 62.2 Å². The number of amides is 1. The fourth-order valence-electron chi connectivity index (χ4n) is 2.26. The predicted octanol–water partition coefficient (Wildman–Crippen LogP) is 3.46. The third-order valence-corrected chi connectivity index (χ3v) is 4.41. The summed E-state index contributed by atoms with van der Waals surface area (Å²) in [5.41, 5.74) is 0.694. The molecule has 1 heterocycles. The number of hydrogen-bond acceptors (Lipinski definition) is 4. The van der Waals surface area contributed by atoms with Crippen LogP contribution >= 0.6 is 11.8 Å². The Morgan fingerprint density at radius 1 is 1.09 bits per heavy atom. The van der Waals surface area contributed by atoms with Crippen LogP contribution in [0.3, 0.4) is 0 Å². The highest BCUT2D eigenvalue weighted by Gasteiger charge is 2.13. The van der Waals surface area contributed by atoms with E-state index in [0.29, 0.717) is 12.1 Å². The summed E-state index contributed by atoms with van der Waals surface area (Å²) in [6, 6.07) is 17.1. The average molecular weight is 324 g/mol. The van der Waals surface area contributed by atoms with Crippen molar-refractivity contribution in [3.63, 3.8) is 0 Å². The summed E-state index contributed by atoms with van der Waals surface area (Å²) in [6.45, 7) is 0.526. The summed E-state index contributed by atoms with van der Waals surface area (Å²) in [7, 11) is 0. The number of aromatic nitrogens is 1. The molecule has 0 bridgehead atoms. The lowest BCUT2D eigenvalue weighted by Crippen LogP contribution is -2.25. The van der Waals surface area contributed by atoms with Crippen molar-refractivity contribution in [2.75, 3.05) is 12.3 Å². The molecule has 23 heavy (non-hydrogen) atoms. The molecule has 0 unspecified atom stereocenters. The van der Waals surface area contributed by atoms with Crippen LogP contribution in [-0.4, -0.2) is 28.3 Å². The third kappa shape index (κ3) is 3.63. The molecule has 0 aliphatic carbocycles. The van der Waals surface area contributed by atoms with Gasteiger partial charge in [0.15, 0.2) is 5.75 Å². The quantitative estimate of drug-likeness (QED) is 0.557. The van der Waals surface area contributed by atoms with Gasteiger partial charge in [-0.1, -0.05) is 30.3 Å². The molecule has 2 N–H and O–H groups in total. The normalized spacial score (nSPS) is 10.6. The van der Waals surface area contributed by atoms with E-state index >= 15 is 0 Å². The molecule has 1 amide bonds. The van der Waals surface area contributed by atoms with Crippen LogP contribution in [0.1, 0.15) is 10.4 Å². The Labute approximate surface area is 138 Å². The van der Waals surface area contributed by atoms with Crippen LogP contribution in [0, 0.1) is 0 Å². The molecular formula is C18H16N2O2S. The van der Waals surface area contributed by atoms with Crippen LogP contribution in [0.25, 0.3) is 10.9 Å². The molecular weight excluding hydrogens is 308 g/mol. The summed E-state index contributed by atoms with van der Waals surface area (Å²) >= 11 is 1.67. The van der Waals surface area contributed by atoms with Crippen LogP contribution in [0.2, 0.25) is 0 Å². The van der Waals surface area contributed by atoms with Crippen LogP contribution in [0.4, 0.5) is 0 Å². The van der Waals surface area contributed by atoms with E-state index in [2.05, 4.69) is 10.3 Å². The molecule has 0 atom stereocenters. The van der Waals surface area contributed by atoms with Crippen molar-refractivity contribution < 1.29 is 9.90 Å². The van der Waals surface area contributed by atoms with Gasteiger partial charge < -0.3 is 10.4 Å². The van der Waals surface area contributed by atoms with Crippen LogP contribution < -0.4 is 5.32 Å². The zero-order chi connectivity index (χ0) is 16.1. The van der Waals surface area contributed by atoms with Crippen molar-refractivity contribution in [3.05, 3.63) is 66.4 Å². The zero-order valence-electron chi connectivity index (χ0n) is 12.4. The highest BCUT2D eigenvalue weighted by molar-refractivity contribution is 7.99. The SMILES string of the molecule is O=C(NCCSc1ccccc1)c1ccc2cccnc2c1O. The molecule has 3 rings (SSSR count). The highest BCUT2D eigenvalue weighted by atomic mass is 32.2. The largest absolute Gasteiger partial charge is 0.505 e. The average Bonchev–Trinajstić information content (AvgIpc) is 2.60. The van der Waals surface area contributed by atoms with Crippen LogP contribution in [-0.2, 0) is 0 Å². The molecule has 4 nitrogen and oxygen atoms in total. The summed E-state index contributed by atoms with van der Waals surface area (Å²) in [5, 5.41) is 13.9. The molecule has 0 saturated heterocycles. The lowest BCUT2D eigenvalue weighted by molar-refractivity contribution is 0.0953. The lowest BCUT2D eigenvalue weighted by Gasteiger charge is -2.08. The monoisotopic (exact) mass is 324 g/mol. The smallest absolute Gasteiger partial charge is 0.255 e. The number of phenols is 1. The first-order valence-electron chi connectivity index (χ1n) is 7.28. The van der Waals surface area contributed by atoms with Gasteiger partial charge in [-0.15, -0.1) is 11.8 Å². The Hall–Kier alpha value is -2.53. The molecule has 116 valence electrons. The number of aromatic hydroxyl groups is 1. The predicted molar refractivity (Wildman–Crippen MR) is 92.9 cm³/mol. The van der Waals surface area contributed by atoms with E-state index in [-0.39, 0.29) is 17.2 Å². The first kappa shape index (κ1) is 15.4. The zero-order valence-corrected chi connectivity index (χ0v) is 13.2. The molecule has 1 aromatic heterocycles. The molecule has 0 spiro atoms. The van der Waals surface area contributed by atoms with Crippen LogP contribution in [0.15, 0.2) is 65.7 Å². The van der Waals surface area contributed by atoms with Crippen molar-refractivity contribution in [2.24, 2.45) is 0 Å².